The van der Waals surface area contributed by atoms with E-state index in [9.17, 15) is 45.9 Å². The van der Waals surface area contributed by atoms with Crippen LogP contribution in [0.2, 0.25) is 0 Å². The molecule has 1 fully saturated rings. The monoisotopic (exact) mass is 564 g/mol. The summed E-state index contributed by atoms with van der Waals surface area (Å²) in [4.78, 5) is 64.7. The zero-order valence-electron chi connectivity index (χ0n) is 27.1. The molecule has 0 aromatic heterocycles. The number of nitrogens with zero attached hydrogens (tertiary/aromatic N) is 1. The van der Waals surface area contributed by atoms with E-state index in [1.165, 1.54) is 26.1 Å². The number of Topliss-reactive ketones (excluding diaryl/α,β-unsaturated/α-hetero) is 1. The molecule has 0 saturated carbocycles. The number of amides is 4. The minimum Gasteiger partial charge on any atom is -0.453 e. The van der Waals surface area contributed by atoms with Crippen LogP contribution in [0.3, 0.4) is 0 Å². The Bertz CT molecular complexity index is 1090. The van der Waals surface area contributed by atoms with E-state index in [4.69, 9.17) is 8.22 Å². The summed E-state index contributed by atoms with van der Waals surface area (Å²) in [7, 11) is -3.22. The number of rotatable bonds is 9. The molecule has 4 amide bonds. The number of methoxy groups -OCH3 is 1. The minimum absolute atomic E-state index is 0.450. The predicted octanol–water partition coefficient (Wildman–Crippen LogP) is 2.16. The van der Waals surface area contributed by atoms with E-state index in [1.54, 1.807) is 0 Å². The van der Waals surface area contributed by atoms with Crippen LogP contribution < -0.4 is 16.0 Å². The molecule has 1 aliphatic heterocycles. The zero-order chi connectivity index (χ0) is 34.6. The van der Waals surface area contributed by atoms with E-state index in [0.29, 0.717) is 11.8 Å². The van der Waals surface area contributed by atoms with Crippen molar-refractivity contribution in [1.29, 1.82) is 0 Å². The number of likely N-dealkylation sites (N-methyl/N-ethyl adjacent to an activating group) is 1. The average Bonchev–Trinajstić information content (AvgIpc) is 2.79. The average molecular weight is 565 g/mol. The molecule has 1 heterocycles. The molecule has 0 aliphatic carbocycles. The molecule has 0 aromatic carbocycles. The minimum atomic E-state index is -4.85. The topological polar surface area (TPSA) is 134 Å². The number of hydrogen-bond donors (Lipinski definition) is 3. The molecule has 4 atom stereocenters. The molecular formula is C23H35F5N4O6. The van der Waals surface area contributed by atoms with E-state index in [2.05, 4.69) is 4.74 Å². The Labute approximate surface area is 225 Å². The zero-order valence-corrected chi connectivity index (χ0v) is 21.1. The number of alkyl carbamates (subject to hydrolysis) is 1. The smallest absolute Gasteiger partial charge is 0.407 e. The van der Waals surface area contributed by atoms with Crippen LogP contribution >= 0.6 is 0 Å². The molecule has 3 N–H and O–H groups in total. The van der Waals surface area contributed by atoms with Crippen molar-refractivity contribution in [2.75, 3.05) is 20.6 Å². The van der Waals surface area contributed by atoms with Crippen molar-refractivity contribution in [3.8, 4) is 0 Å². The first-order chi connectivity index (χ1) is 19.5. The van der Waals surface area contributed by atoms with Gasteiger partial charge < -0.3 is 25.6 Å². The van der Waals surface area contributed by atoms with Gasteiger partial charge in [-0.15, -0.1) is 0 Å². The fraction of sp³-hybridized carbons (Fsp3) is 0.783. The second kappa shape index (κ2) is 12.7. The number of halogens is 5. The SMILES string of the molecule is [2H]C([2H])([2H])NC(=O)C(=O)[C@H](CCC(C)(F)F)NC(=O)C1CC(C(F)(F)F)CCN1C(=O)[C@@H](NC(=O)OC([2H])([2H])[2H])C(C)(C)C. The number of carbonyl (C=O) groups is 5. The van der Waals surface area contributed by atoms with Gasteiger partial charge in [0.25, 0.3) is 5.91 Å². The molecule has 38 heavy (non-hydrogen) atoms. The summed E-state index contributed by atoms with van der Waals surface area (Å²) in [6.45, 7) is 0.780. The fourth-order valence-electron chi connectivity index (χ4n) is 3.89. The van der Waals surface area contributed by atoms with Gasteiger partial charge in [-0.3, -0.25) is 19.2 Å². The van der Waals surface area contributed by atoms with Gasteiger partial charge in [-0.2, -0.15) is 13.2 Å². The quantitative estimate of drug-likeness (QED) is 0.290. The maximum Gasteiger partial charge on any atom is 0.407 e. The lowest BCUT2D eigenvalue weighted by Gasteiger charge is -2.42. The van der Waals surface area contributed by atoms with Crippen LogP contribution in [0.5, 0.6) is 0 Å². The first kappa shape index (κ1) is 24.1. The summed E-state index contributed by atoms with van der Waals surface area (Å²) in [5.74, 6) is -11.6. The summed E-state index contributed by atoms with van der Waals surface area (Å²) < 4.78 is 115. The number of ether oxygens (including phenoxy) is 1. The number of piperidine rings is 1. The summed E-state index contributed by atoms with van der Waals surface area (Å²) in [6, 6.07) is -5.79. The Morgan fingerprint density at radius 3 is 2.18 bits per heavy atom. The van der Waals surface area contributed by atoms with Crippen molar-refractivity contribution in [2.24, 2.45) is 11.3 Å². The maximum absolute atomic E-state index is 13.7. The summed E-state index contributed by atoms with van der Waals surface area (Å²) >= 11 is 0. The van der Waals surface area contributed by atoms with E-state index >= 15 is 0 Å². The summed E-state index contributed by atoms with van der Waals surface area (Å²) in [5.41, 5.74) is -1.23. The highest BCUT2D eigenvalue weighted by Gasteiger charge is 2.49. The highest BCUT2D eigenvalue weighted by Crippen LogP contribution is 2.37. The normalized spacial score (nSPS) is 23.1. The molecule has 218 valence electrons. The molecule has 0 aromatic rings. The van der Waals surface area contributed by atoms with Crippen molar-refractivity contribution in [3.63, 3.8) is 0 Å². The number of carbonyl (C=O) groups excluding carboxylic acids is 5. The Morgan fingerprint density at radius 2 is 1.68 bits per heavy atom. The number of hydrogen-bond acceptors (Lipinski definition) is 6. The maximum atomic E-state index is 13.7. The standard InChI is InChI=1S/C23H35F5N4O6/c1-21(2,3)16(31-20(37)38-6)19(36)32-10-8-12(23(26,27)28)11-14(32)17(34)30-13(7-9-22(4,24)25)15(33)18(35)29-5/h12-14,16H,7-11H2,1-6H3,(H,29,35)(H,30,34)(H,31,37)/t12?,13-,14?,16+/m0/s1/i5D3,6D3. The third-order valence-corrected chi connectivity index (χ3v) is 5.96. The molecule has 15 heteroatoms. The van der Waals surface area contributed by atoms with E-state index in [-0.39, 0.29) is 0 Å². The van der Waals surface area contributed by atoms with E-state index in [0.717, 1.165) is 0 Å². The van der Waals surface area contributed by atoms with Crippen LogP contribution in [0.1, 0.15) is 61.6 Å². The highest BCUT2D eigenvalue weighted by molar-refractivity contribution is 6.38. The molecule has 1 rings (SSSR count). The van der Waals surface area contributed by atoms with Gasteiger partial charge in [0.05, 0.1) is 23.1 Å². The number of likely N-dealkylation sites (tertiary alicyclic amines) is 1. The van der Waals surface area contributed by atoms with Crippen LogP contribution in [0.15, 0.2) is 0 Å². The third-order valence-electron chi connectivity index (χ3n) is 5.96. The van der Waals surface area contributed by atoms with Crippen LogP contribution in [0.25, 0.3) is 0 Å². The lowest BCUT2D eigenvalue weighted by Crippen LogP contribution is -2.63. The van der Waals surface area contributed by atoms with Crippen LogP contribution in [0, 0.1) is 11.3 Å². The predicted molar refractivity (Wildman–Crippen MR) is 124 cm³/mol. The second-order valence-corrected chi connectivity index (χ2v) is 10.1. The molecular weight excluding hydrogens is 523 g/mol. The van der Waals surface area contributed by atoms with Crippen LogP contribution in [-0.2, 0) is 23.9 Å². The molecule has 10 nitrogen and oxygen atoms in total. The van der Waals surface area contributed by atoms with Gasteiger partial charge in [-0.25, -0.2) is 13.6 Å². The first-order valence-electron chi connectivity index (χ1n) is 14.4. The number of alkyl halides is 5. The van der Waals surface area contributed by atoms with Crippen molar-refractivity contribution < 1.29 is 58.9 Å². The van der Waals surface area contributed by atoms with Crippen molar-refractivity contribution in [1.82, 2.24) is 20.9 Å². The van der Waals surface area contributed by atoms with Gasteiger partial charge >= 0.3 is 12.3 Å². The van der Waals surface area contributed by atoms with Crippen molar-refractivity contribution in [2.45, 2.75) is 83.6 Å². The van der Waals surface area contributed by atoms with Gasteiger partial charge in [0.1, 0.15) is 12.1 Å². The molecule has 1 saturated heterocycles. The van der Waals surface area contributed by atoms with Crippen LogP contribution in [-0.4, -0.2) is 85.3 Å². The summed E-state index contributed by atoms with van der Waals surface area (Å²) in [5, 5.41) is 5.29. The van der Waals surface area contributed by atoms with Crippen molar-refractivity contribution in [3.05, 3.63) is 0 Å². The van der Waals surface area contributed by atoms with Crippen molar-refractivity contribution >= 4 is 29.6 Å². The largest absolute Gasteiger partial charge is 0.453 e. The van der Waals surface area contributed by atoms with Gasteiger partial charge in [-0.1, -0.05) is 20.8 Å². The van der Waals surface area contributed by atoms with E-state index < -0.39 is 117 Å². The van der Waals surface area contributed by atoms with E-state index in [1.807, 2.05) is 10.6 Å². The number of nitrogens with one attached hydrogen (secondary N) is 3. The molecule has 0 spiro atoms. The van der Waals surface area contributed by atoms with Gasteiger partial charge in [0.15, 0.2) is 0 Å². The number of ketones is 1. The van der Waals surface area contributed by atoms with Gasteiger partial charge in [-0.05, 0) is 31.6 Å². The Balaban J connectivity index is 3.47. The second-order valence-electron chi connectivity index (χ2n) is 10.1. The molecule has 0 radical (unpaired) electrons. The fourth-order valence-corrected chi connectivity index (χ4v) is 3.89. The first-order valence-corrected chi connectivity index (χ1v) is 11.4. The van der Waals surface area contributed by atoms with Gasteiger partial charge in [0.2, 0.25) is 23.5 Å². The molecule has 2 unspecified atom stereocenters. The third kappa shape index (κ3) is 9.39. The van der Waals surface area contributed by atoms with Crippen LogP contribution in [0.4, 0.5) is 26.7 Å². The lowest BCUT2D eigenvalue weighted by atomic mass is 9.83. The lowest BCUT2D eigenvalue weighted by molar-refractivity contribution is -0.193. The Morgan fingerprint density at radius 1 is 1.05 bits per heavy atom. The molecule has 0 bridgehead atoms. The highest BCUT2D eigenvalue weighted by atomic mass is 19.4. The Hall–Kier alpha value is -3.00. The summed E-state index contributed by atoms with van der Waals surface area (Å²) in [6.07, 6.45) is -10.2. The van der Waals surface area contributed by atoms with Gasteiger partial charge in [0, 0.05) is 24.1 Å². The Kier molecular flexibility index (Phi) is 8.04. The molecule has 1 aliphatic rings.